The first kappa shape index (κ1) is 19.4. The molecule has 25 heavy (non-hydrogen) atoms. The molecule has 0 unspecified atom stereocenters. The van der Waals surface area contributed by atoms with Gasteiger partial charge in [0.05, 0.1) is 18.1 Å². The van der Waals surface area contributed by atoms with E-state index in [1.807, 2.05) is 37.3 Å². The topological polar surface area (TPSA) is 66.8 Å². The first-order valence-corrected chi connectivity index (χ1v) is 9.30. The van der Waals surface area contributed by atoms with Gasteiger partial charge in [0, 0.05) is 0 Å². The molecule has 1 aromatic rings. The largest absolute Gasteiger partial charge is 0.447 e. The molecule has 5 nitrogen and oxygen atoms in total. The molecule has 1 aliphatic rings. The van der Waals surface area contributed by atoms with Crippen molar-refractivity contribution >= 4 is 12.0 Å². The Morgan fingerprint density at radius 1 is 1.28 bits per heavy atom. The number of imide groups is 1. The zero-order valence-corrected chi connectivity index (χ0v) is 15.2. The molecule has 5 heteroatoms. The summed E-state index contributed by atoms with van der Waals surface area (Å²) in [4.78, 5) is 26.4. The fourth-order valence-electron chi connectivity index (χ4n) is 3.32. The molecule has 0 spiro atoms. The van der Waals surface area contributed by atoms with Crippen LogP contribution in [0, 0.1) is 5.92 Å². The molecule has 1 saturated heterocycles. The molecule has 2 amide bonds. The summed E-state index contributed by atoms with van der Waals surface area (Å²) in [5, 5.41) is 10.3. The fourth-order valence-corrected chi connectivity index (χ4v) is 3.32. The van der Waals surface area contributed by atoms with Crippen LogP contribution in [0.2, 0.25) is 0 Å². The minimum Gasteiger partial charge on any atom is -0.447 e. The second-order valence-electron chi connectivity index (χ2n) is 6.71. The van der Waals surface area contributed by atoms with E-state index >= 15 is 0 Å². The number of hydrogen-bond acceptors (Lipinski definition) is 4. The Morgan fingerprint density at radius 3 is 2.64 bits per heavy atom. The van der Waals surface area contributed by atoms with E-state index in [1.165, 1.54) is 4.90 Å². The summed E-state index contributed by atoms with van der Waals surface area (Å²) in [6, 6.07) is 9.46. The molecule has 138 valence electrons. The number of rotatable bonds is 9. The van der Waals surface area contributed by atoms with Gasteiger partial charge < -0.3 is 9.84 Å². The quantitative estimate of drug-likeness (QED) is 0.694. The van der Waals surface area contributed by atoms with Crippen LogP contribution in [0.4, 0.5) is 4.79 Å². The maximum absolute atomic E-state index is 13.0. The Hall–Kier alpha value is -1.88. The van der Waals surface area contributed by atoms with Crippen LogP contribution in [0.3, 0.4) is 0 Å². The summed E-state index contributed by atoms with van der Waals surface area (Å²) in [6.45, 7) is 4.17. The van der Waals surface area contributed by atoms with Gasteiger partial charge in [-0.1, -0.05) is 63.4 Å². The number of carbonyl (C=O) groups is 2. The lowest BCUT2D eigenvalue weighted by Gasteiger charge is -2.27. The van der Waals surface area contributed by atoms with Gasteiger partial charge in [-0.05, 0) is 24.8 Å². The Labute approximate surface area is 150 Å². The zero-order valence-electron chi connectivity index (χ0n) is 15.2. The minimum atomic E-state index is -0.727. The highest BCUT2D eigenvalue weighted by molar-refractivity contribution is 5.95. The highest BCUT2D eigenvalue weighted by atomic mass is 16.6. The van der Waals surface area contributed by atoms with Crippen LogP contribution in [0.1, 0.15) is 51.5 Å². The summed E-state index contributed by atoms with van der Waals surface area (Å²) in [5.74, 6) is -0.839. The smallest absolute Gasteiger partial charge is 0.416 e. The fraction of sp³-hybridized carbons (Fsp3) is 0.600. The van der Waals surface area contributed by atoms with E-state index in [2.05, 4.69) is 6.92 Å². The number of aliphatic hydroxyl groups excluding tert-OH is 1. The normalized spacial score (nSPS) is 19.6. The van der Waals surface area contributed by atoms with E-state index in [4.69, 9.17) is 4.74 Å². The van der Waals surface area contributed by atoms with Crippen molar-refractivity contribution < 1.29 is 19.4 Å². The third kappa shape index (κ3) is 5.05. The molecule has 1 heterocycles. The molecule has 1 fully saturated rings. The van der Waals surface area contributed by atoms with Crippen LogP contribution in [-0.4, -0.2) is 40.8 Å². The molecule has 2 rings (SSSR count). The summed E-state index contributed by atoms with van der Waals surface area (Å²) < 4.78 is 5.15. The van der Waals surface area contributed by atoms with Crippen molar-refractivity contribution in [3.05, 3.63) is 35.9 Å². The number of carbonyl (C=O) groups excluding carboxylic acids is 2. The number of cyclic esters (lactones) is 1. The molecule has 3 atom stereocenters. The highest BCUT2D eigenvalue weighted by Gasteiger charge is 2.42. The van der Waals surface area contributed by atoms with Gasteiger partial charge in [0.2, 0.25) is 5.91 Å². The summed E-state index contributed by atoms with van der Waals surface area (Å²) >= 11 is 0. The van der Waals surface area contributed by atoms with Crippen molar-refractivity contribution in [3.8, 4) is 0 Å². The molecule has 0 aliphatic carbocycles. The molecular weight excluding hydrogens is 318 g/mol. The third-order valence-corrected chi connectivity index (χ3v) is 4.83. The van der Waals surface area contributed by atoms with E-state index in [-0.39, 0.29) is 18.6 Å². The molecule has 0 bridgehead atoms. The average molecular weight is 347 g/mol. The molecule has 1 aromatic carbocycles. The maximum Gasteiger partial charge on any atom is 0.416 e. The molecule has 0 aromatic heterocycles. The third-order valence-electron chi connectivity index (χ3n) is 4.83. The molecule has 0 radical (unpaired) electrons. The number of aliphatic hydroxyl groups is 1. The van der Waals surface area contributed by atoms with E-state index in [9.17, 15) is 14.7 Å². The van der Waals surface area contributed by atoms with Gasteiger partial charge in [0.25, 0.3) is 0 Å². The summed E-state index contributed by atoms with van der Waals surface area (Å²) in [5.41, 5.74) is 1.06. The van der Waals surface area contributed by atoms with Crippen molar-refractivity contribution in [3.63, 3.8) is 0 Å². The highest BCUT2D eigenvalue weighted by Crippen LogP contribution is 2.25. The standard InChI is InChI=1S/C20H29NO4/c1-3-5-7-12-17(18(22)4-2)19(23)21-16(14-25-20(21)24)13-15-10-8-6-9-11-15/h6,8-11,16-18,22H,3-5,7,12-14H2,1-2H3/t16-,17-,18+/m1/s1. The number of ether oxygens (including phenoxy) is 1. The lowest BCUT2D eigenvalue weighted by atomic mass is 9.91. The van der Waals surface area contributed by atoms with Crippen molar-refractivity contribution in [2.24, 2.45) is 5.92 Å². The van der Waals surface area contributed by atoms with Crippen LogP contribution in [0.5, 0.6) is 0 Å². The molecule has 0 saturated carbocycles. The van der Waals surface area contributed by atoms with Crippen molar-refractivity contribution in [2.45, 2.75) is 64.5 Å². The maximum atomic E-state index is 13.0. The SMILES string of the molecule is CCCCC[C@@H](C(=O)N1C(=O)OC[C@H]1Cc1ccccc1)[C@@H](O)CC. The summed E-state index contributed by atoms with van der Waals surface area (Å²) in [6.07, 6.45) is 3.28. The predicted octanol–water partition coefficient (Wildman–Crippen LogP) is 3.54. The minimum absolute atomic E-state index is 0.212. The second-order valence-corrected chi connectivity index (χ2v) is 6.71. The lowest BCUT2D eigenvalue weighted by Crippen LogP contribution is -2.46. The van der Waals surface area contributed by atoms with Gasteiger partial charge in [-0.3, -0.25) is 4.79 Å². The molecule has 1 aliphatic heterocycles. The molecular formula is C20H29NO4. The first-order chi connectivity index (χ1) is 12.1. The van der Waals surface area contributed by atoms with E-state index < -0.39 is 18.1 Å². The monoisotopic (exact) mass is 347 g/mol. The summed E-state index contributed by atoms with van der Waals surface area (Å²) in [7, 11) is 0. The van der Waals surface area contributed by atoms with Gasteiger partial charge in [0.15, 0.2) is 0 Å². The number of benzene rings is 1. The van der Waals surface area contributed by atoms with Gasteiger partial charge in [-0.15, -0.1) is 0 Å². The van der Waals surface area contributed by atoms with Gasteiger partial charge in [-0.25, -0.2) is 9.69 Å². The van der Waals surface area contributed by atoms with Crippen LogP contribution in [-0.2, 0) is 16.0 Å². The van der Waals surface area contributed by atoms with Crippen molar-refractivity contribution in [1.82, 2.24) is 4.90 Å². The zero-order chi connectivity index (χ0) is 18.2. The van der Waals surface area contributed by atoms with Gasteiger partial charge in [0.1, 0.15) is 6.61 Å². The Morgan fingerprint density at radius 2 is 2.00 bits per heavy atom. The van der Waals surface area contributed by atoms with Gasteiger partial charge >= 0.3 is 6.09 Å². The van der Waals surface area contributed by atoms with Crippen LogP contribution in [0.25, 0.3) is 0 Å². The lowest BCUT2D eigenvalue weighted by molar-refractivity contribution is -0.137. The Bertz CT molecular complexity index is 560. The van der Waals surface area contributed by atoms with E-state index in [1.54, 1.807) is 0 Å². The van der Waals surface area contributed by atoms with Crippen LogP contribution >= 0.6 is 0 Å². The number of nitrogens with zero attached hydrogens (tertiary/aromatic N) is 1. The predicted molar refractivity (Wildman–Crippen MR) is 96.1 cm³/mol. The van der Waals surface area contributed by atoms with Crippen molar-refractivity contribution in [2.75, 3.05) is 6.61 Å². The number of hydrogen-bond donors (Lipinski definition) is 1. The van der Waals surface area contributed by atoms with Crippen LogP contribution in [0.15, 0.2) is 30.3 Å². The van der Waals surface area contributed by atoms with E-state index in [0.29, 0.717) is 19.3 Å². The van der Waals surface area contributed by atoms with Crippen molar-refractivity contribution in [1.29, 1.82) is 0 Å². The Kier molecular flexibility index (Phi) is 7.44. The van der Waals surface area contributed by atoms with Crippen LogP contribution < -0.4 is 0 Å². The number of unbranched alkanes of at least 4 members (excludes halogenated alkanes) is 2. The molecule has 1 N–H and O–H groups in total. The first-order valence-electron chi connectivity index (χ1n) is 9.30. The number of amides is 2. The average Bonchev–Trinajstić information content (AvgIpc) is 2.99. The Balaban J connectivity index is 2.12. The van der Waals surface area contributed by atoms with Gasteiger partial charge in [-0.2, -0.15) is 0 Å². The van der Waals surface area contributed by atoms with E-state index in [0.717, 1.165) is 24.8 Å². The second kappa shape index (κ2) is 9.56.